The van der Waals surface area contributed by atoms with Crippen molar-refractivity contribution in [2.45, 2.75) is 33.1 Å². The van der Waals surface area contributed by atoms with Gasteiger partial charge >= 0.3 is 0 Å². The lowest BCUT2D eigenvalue weighted by Crippen LogP contribution is -2.34. The van der Waals surface area contributed by atoms with E-state index < -0.39 is 0 Å². The molecule has 0 bridgehead atoms. The van der Waals surface area contributed by atoms with E-state index in [1.807, 2.05) is 6.92 Å². The maximum absolute atomic E-state index is 13.3. The molecule has 2 rings (SSSR count). The van der Waals surface area contributed by atoms with E-state index in [-0.39, 0.29) is 24.1 Å². The van der Waals surface area contributed by atoms with Crippen LogP contribution >= 0.6 is 12.4 Å². The molecule has 2 atom stereocenters. The van der Waals surface area contributed by atoms with Gasteiger partial charge in [0, 0.05) is 12.1 Å². The molecule has 1 heterocycles. The Bertz CT molecular complexity index is 455. The lowest BCUT2D eigenvalue weighted by atomic mass is 9.85. The Morgan fingerprint density at radius 1 is 1.48 bits per heavy atom. The van der Waals surface area contributed by atoms with Gasteiger partial charge in [0.1, 0.15) is 5.82 Å². The van der Waals surface area contributed by atoms with Gasteiger partial charge in [0.25, 0.3) is 0 Å². The van der Waals surface area contributed by atoms with Gasteiger partial charge in [-0.05, 0) is 68.5 Å². The van der Waals surface area contributed by atoms with Crippen LogP contribution in [0.15, 0.2) is 18.2 Å². The maximum Gasteiger partial charge on any atom is 0.224 e. The number of amides is 1. The number of nitrogens with one attached hydrogen (secondary N) is 2. The van der Waals surface area contributed by atoms with Gasteiger partial charge in [0.2, 0.25) is 5.91 Å². The summed E-state index contributed by atoms with van der Waals surface area (Å²) in [6.07, 6.45) is 2.85. The van der Waals surface area contributed by atoms with Crippen molar-refractivity contribution < 1.29 is 9.18 Å². The number of carbonyl (C=O) groups excluding carboxylic acids is 1. The van der Waals surface area contributed by atoms with Crippen LogP contribution in [-0.2, 0) is 4.79 Å². The van der Waals surface area contributed by atoms with E-state index in [4.69, 9.17) is 0 Å². The van der Waals surface area contributed by atoms with Gasteiger partial charge in [0.05, 0.1) is 0 Å². The molecule has 0 radical (unpaired) electrons. The first-order valence-electron chi connectivity index (χ1n) is 7.32. The Labute approximate surface area is 132 Å². The SMILES string of the molecule is Cc1cc(F)cc(NC(=O)CC(C)C2CCCNC2)c1.Cl. The van der Waals surface area contributed by atoms with E-state index in [1.54, 1.807) is 6.07 Å². The molecule has 21 heavy (non-hydrogen) atoms. The summed E-state index contributed by atoms with van der Waals surface area (Å²) in [6, 6.07) is 4.59. The van der Waals surface area contributed by atoms with E-state index in [0.29, 0.717) is 23.9 Å². The second-order valence-corrected chi connectivity index (χ2v) is 5.85. The minimum atomic E-state index is -0.315. The molecule has 118 valence electrons. The van der Waals surface area contributed by atoms with Crippen molar-refractivity contribution >= 4 is 24.0 Å². The van der Waals surface area contributed by atoms with E-state index >= 15 is 0 Å². The van der Waals surface area contributed by atoms with Gasteiger partial charge in [0.15, 0.2) is 0 Å². The molecule has 2 N–H and O–H groups in total. The summed E-state index contributed by atoms with van der Waals surface area (Å²) in [5.41, 5.74) is 1.35. The first-order chi connectivity index (χ1) is 9.54. The molecule has 0 spiro atoms. The summed E-state index contributed by atoms with van der Waals surface area (Å²) in [5, 5.41) is 6.17. The summed E-state index contributed by atoms with van der Waals surface area (Å²) in [6.45, 7) is 6.01. The van der Waals surface area contributed by atoms with Crippen molar-refractivity contribution in [3.63, 3.8) is 0 Å². The second-order valence-electron chi connectivity index (χ2n) is 5.85. The molecule has 0 aliphatic carbocycles. The summed E-state index contributed by atoms with van der Waals surface area (Å²) in [5.74, 6) is 0.555. The number of hydrogen-bond donors (Lipinski definition) is 2. The zero-order chi connectivity index (χ0) is 14.5. The molecule has 0 aromatic heterocycles. The zero-order valence-corrected chi connectivity index (χ0v) is 13.4. The number of benzene rings is 1. The van der Waals surface area contributed by atoms with Gasteiger partial charge in [-0.2, -0.15) is 0 Å². The molecule has 1 aliphatic heterocycles. The second kappa shape index (κ2) is 8.35. The lowest BCUT2D eigenvalue weighted by Gasteiger charge is -2.28. The first-order valence-corrected chi connectivity index (χ1v) is 7.32. The Hall–Kier alpha value is -1.13. The van der Waals surface area contributed by atoms with Crippen molar-refractivity contribution in [1.29, 1.82) is 0 Å². The molecule has 1 aromatic carbocycles. The molecular weight excluding hydrogens is 291 g/mol. The predicted molar refractivity (Wildman–Crippen MR) is 86.4 cm³/mol. The standard InChI is InChI=1S/C16H23FN2O.ClH/c1-11-6-14(17)9-15(7-11)19-16(20)8-12(2)13-4-3-5-18-10-13;/h6-7,9,12-13,18H,3-5,8,10H2,1-2H3,(H,19,20);1H. The summed E-state index contributed by atoms with van der Waals surface area (Å²) < 4.78 is 13.3. The molecule has 3 nitrogen and oxygen atoms in total. The Morgan fingerprint density at radius 2 is 2.24 bits per heavy atom. The van der Waals surface area contributed by atoms with Crippen LogP contribution in [0.1, 0.15) is 31.7 Å². The zero-order valence-electron chi connectivity index (χ0n) is 12.6. The van der Waals surface area contributed by atoms with Gasteiger partial charge in [-0.3, -0.25) is 4.79 Å². The topological polar surface area (TPSA) is 41.1 Å². The van der Waals surface area contributed by atoms with E-state index in [9.17, 15) is 9.18 Å². The third-order valence-electron chi connectivity index (χ3n) is 3.97. The third-order valence-corrected chi connectivity index (χ3v) is 3.97. The van der Waals surface area contributed by atoms with Crippen LogP contribution in [0.25, 0.3) is 0 Å². The normalized spacial score (nSPS) is 19.5. The van der Waals surface area contributed by atoms with Crippen molar-refractivity contribution in [3.8, 4) is 0 Å². The fraction of sp³-hybridized carbons (Fsp3) is 0.562. The fourth-order valence-electron chi connectivity index (χ4n) is 2.84. The van der Waals surface area contributed by atoms with Crippen LogP contribution in [0.3, 0.4) is 0 Å². The number of piperidine rings is 1. The molecule has 2 unspecified atom stereocenters. The van der Waals surface area contributed by atoms with Gasteiger partial charge in [-0.1, -0.05) is 6.92 Å². The smallest absolute Gasteiger partial charge is 0.224 e. The summed E-state index contributed by atoms with van der Waals surface area (Å²) >= 11 is 0. The first kappa shape index (κ1) is 17.9. The minimum absolute atomic E-state index is 0. The van der Waals surface area contributed by atoms with Crippen LogP contribution in [0.4, 0.5) is 10.1 Å². The fourth-order valence-corrected chi connectivity index (χ4v) is 2.84. The molecule has 1 fully saturated rings. The number of aryl methyl sites for hydroxylation is 1. The molecule has 0 saturated carbocycles. The number of rotatable bonds is 4. The highest BCUT2D eigenvalue weighted by molar-refractivity contribution is 5.90. The maximum atomic E-state index is 13.3. The molecule has 1 amide bonds. The highest BCUT2D eigenvalue weighted by Gasteiger charge is 2.22. The largest absolute Gasteiger partial charge is 0.326 e. The number of halogens is 2. The Morgan fingerprint density at radius 3 is 2.86 bits per heavy atom. The summed E-state index contributed by atoms with van der Waals surface area (Å²) in [4.78, 5) is 12.0. The minimum Gasteiger partial charge on any atom is -0.326 e. The monoisotopic (exact) mass is 314 g/mol. The van der Waals surface area contributed by atoms with Crippen molar-refractivity contribution in [2.24, 2.45) is 11.8 Å². The molecule has 1 aromatic rings. The highest BCUT2D eigenvalue weighted by atomic mass is 35.5. The van der Waals surface area contributed by atoms with Crippen LogP contribution in [-0.4, -0.2) is 19.0 Å². The van der Waals surface area contributed by atoms with Crippen LogP contribution < -0.4 is 10.6 Å². The average Bonchev–Trinajstić information content (AvgIpc) is 2.38. The van der Waals surface area contributed by atoms with Gasteiger partial charge in [-0.25, -0.2) is 4.39 Å². The molecule has 5 heteroatoms. The molecule has 1 saturated heterocycles. The Balaban J connectivity index is 0.00000220. The Kier molecular flexibility index (Phi) is 7.12. The predicted octanol–water partition coefficient (Wildman–Crippen LogP) is 3.52. The van der Waals surface area contributed by atoms with Crippen molar-refractivity contribution in [1.82, 2.24) is 5.32 Å². The van der Waals surface area contributed by atoms with E-state index in [1.165, 1.54) is 25.0 Å². The van der Waals surface area contributed by atoms with Crippen LogP contribution in [0.5, 0.6) is 0 Å². The van der Waals surface area contributed by atoms with Crippen molar-refractivity contribution in [3.05, 3.63) is 29.6 Å². The number of hydrogen-bond acceptors (Lipinski definition) is 2. The van der Waals surface area contributed by atoms with E-state index in [2.05, 4.69) is 17.6 Å². The van der Waals surface area contributed by atoms with Gasteiger partial charge < -0.3 is 10.6 Å². The molecule has 1 aliphatic rings. The van der Waals surface area contributed by atoms with Gasteiger partial charge in [-0.15, -0.1) is 12.4 Å². The average molecular weight is 315 g/mol. The third kappa shape index (κ3) is 5.64. The lowest BCUT2D eigenvalue weighted by molar-refractivity contribution is -0.117. The number of carbonyl (C=O) groups is 1. The molecular formula is C16H24ClFN2O. The number of anilines is 1. The highest BCUT2D eigenvalue weighted by Crippen LogP contribution is 2.23. The van der Waals surface area contributed by atoms with Crippen LogP contribution in [0, 0.1) is 24.6 Å². The summed E-state index contributed by atoms with van der Waals surface area (Å²) in [7, 11) is 0. The van der Waals surface area contributed by atoms with Crippen molar-refractivity contribution in [2.75, 3.05) is 18.4 Å². The quantitative estimate of drug-likeness (QED) is 0.893. The van der Waals surface area contributed by atoms with Crippen LogP contribution in [0.2, 0.25) is 0 Å². The van der Waals surface area contributed by atoms with E-state index in [0.717, 1.165) is 18.7 Å².